The van der Waals surface area contributed by atoms with Crippen molar-refractivity contribution in [3.63, 3.8) is 0 Å². The van der Waals surface area contributed by atoms with Gasteiger partial charge in [-0.25, -0.2) is 4.98 Å². The minimum Gasteiger partial charge on any atom is -0.284 e. The molecule has 9 heteroatoms. The number of nitrogens with zero attached hydrogens (tertiary/aromatic N) is 2. The highest BCUT2D eigenvalue weighted by molar-refractivity contribution is 7.98. The van der Waals surface area contributed by atoms with E-state index in [0.717, 1.165) is 21.9 Å². The zero-order valence-electron chi connectivity index (χ0n) is 12.1. The van der Waals surface area contributed by atoms with Gasteiger partial charge >= 0.3 is 6.18 Å². The molecule has 3 nitrogen and oxygen atoms in total. The van der Waals surface area contributed by atoms with Gasteiger partial charge in [-0.2, -0.15) is 13.2 Å². The molecule has 2 rings (SSSR count). The molecule has 1 aromatic carbocycles. The lowest BCUT2D eigenvalue weighted by molar-refractivity contribution is -0.141. The Balaban J connectivity index is 2.35. The first-order valence-corrected chi connectivity index (χ1v) is 8.33. The summed E-state index contributed by atoms with van der Waals surface area (Å²) >= 11 is 12.7. The van der Waals surface area contributed by atoms with E-state index < -0.39 is 17.4 Å². The number of rotatable bonds is 5. The molecule has 1 aromatic heterocycles. The van der Waals surface area contributed by atoms with Crippen LogP contribution in [-0.4, -0.2) is 9.55 Å². The summed E-state index contributed by atoms with van der Waals surface area (Å²) in [6.07, 6.45) is -3.27. The summed E-state index contributed by atoms with van der Waals surface area (Å²) in [5.74, 6) is 0.280. The Hall–Kier alpha value is -1.44. The molecule has 0 saturated carbocycles. The lowest BCUT2D eigenvalue weighted by atomic mass is 10.2. The molecule has 0 unspecified atom stereocenters. The van der Waals surface area contributed by atoms with Crippen molar-refractivity contribution in [2.24, 2.45) is 0 Å². The van der Waals surface area contributed by atoms with Gasteiger partial charge in [-0.15, -0.1) is 6.58 Å². The molecule has 2 aromatic rings. The fourth-order valence-electron chi connectivity index (χ4n) is 1.81. The zero-order valence-corrected chi connectivity index (χ0v) is 14.4. The van der Waals surface area contributed by atoms with Gasteiger partial charge in [0.05, 0.1) is 10.0 Å². The van der Waals surface area contributed by atoms with E-state index in [1.807, 2.05) is 0 Å². The fraction of sp³-hybridized carbons (Fsp3) is 0.200. The number of benzene rings is 1. The molecule has 0 amide bonds. The zero-order chi connectivity index (χ0) is 17.9. The Kier molecular flexibility index (Phi) is 6.01. The molecular formula is C15H11Cl2F3N2OS. The first-order chi connectivity index (χ1) is 11.2. The van der Waals surface area contributed by atoms with Gasteiger partial charge in [0.25, 0.3) is 5.56 Å². The maximum Gasteiger partial charge on any atom is 0.433 e. The van der Waals surface area contributed by atoms with Gasteiger partial charge in [0.2, 0.25) is 0 Å². The molecule has 0 atom stereocenters. The number of hydrogen-bond acceptors (Lipinski definition) is 3. The van der Waals surface area contributed by atoms with Crippen LogP contribution >= 0.6 is 35.0 Å². The Bertz CT molecular complexity index is 821. The summed E-state index contributed by atoms with van der Waals surface area (Å²) in [6.45, 7) is 3.56. The van der Waals surface area contributed by atoms with Gasteiger partial charge in [0, 0.05) is 18.4 Å². The van der Waals surface area contributed by atoms with Crippen molar-refractivity contribution in [3.05, 3.63) is 68.6 Å². The quantitative estimate of drug-likeness (QED) is 0.404. The van der Waals surface area contributed by atoms with E-state index in [-0.39, 0.29) is 17.5 Å². The molecule has 0 bridgehead atoms. The molecule has 0 N–H and O–H groups in total. The van der Waals surface area contributed by atoms with Crippen molar-refractivity contribution in [1.82, 2.24) is 9.55 Å². The average Bonchev–Trinajstić information content (AvgIpc) is 2.50. The van der Waals surface area contributed by atoms with Gasteiger partial charge in [0.1, 0.15) is 0 Å². The number of alkyl halides is 3. The van der Waals surface area contributed by atoms with Crippen LogP contribution in [0.25, 0.3) is 0 Å². The van der Waals surface area contributed by atoms with Gasteiger partial charge in [-0.1, -0.05) is 47.1 Å². The molecule has 0 fully saturated rings. The SMILES string of the molecule is C=CCn1c(SCc2ccc(Cl)c(Cl)c2)nc(C(F)(F)F)cc1=O. The predicted molar refractivity (Wildman–Crippen MR) is 89.7 cm³/mol. The van der Waals surface area contributed by atoms with Crippen molar-refractivity contribution in [2.75, 3.05) is 0 Å². The van der Waals surface area contributed by atoms with Crippen LogP contribution < -0.4 is 5.56 Å². The minimum absolute atomic E-state index is 0.0409. The molecule has 0 saturated heterocycles. The molecule has 0 aliphatic rings. The largest absolute Gasteiger partial charge is 0.433 e. The number of thioether (sulfide) groups is 1. The van der Waals surface area contributed by atoms with Crippen molar-refractivity contribution >= 4 is 35.0 Å². The standard InChI is InChI=1S/C15H11Cl2F3N2OS/c1-2-5-22-13(23)7-12(15(18,19)20)21-14(22)24-8-9-3-4-10(16)11(17)6-9/h2-4,6-7H,1,5,8H2. The molecule has 1 heterocycles. The predicted octanol–water partition coefficient (Wildman–Crippen LogP) is 5.05. The second-order valence-electron chi connectivity index (χ2n) is 4.70. The Labute approximate surface area is 150 Å². The molecular weight excluding hydrogens is 384 g/mol. The molecule has 0 aliphatic heterocycles. The second-order valence-corrected chi connectivity index (χ2v) is 6.45. The summed E-state index contributed by atoms with van der Waals surface area (Å²) < 4.78 is 39.7. The third-order valence-corrected chi connectivity index (χ3v) is 4.71. The maximum atomic E-state index is 12.9. The highest BCUT2D eigenvalue weighted by Crippen LogP contribution is 2.30. The third-order valence-electron chi connectivity index (χ3n) is 2.93. The number of halogens is 5. The van der Waals surface area contributed by atoms with E-state index in [2.05, 4.69) is 11.6 Å². The monoisotopic (exact) mass is 394 g/mol. The summed E-state index contributed by atoms with van der Waals surface area (Å²) in [6, 6.07) is 5.38. The van der Waals surface area contributed by atoms with Crippen LogP contribution in [0, 0.1) is 0 Å². The highest BCUT2D eigenvalue weighted by atomic mass is 35.5. The Morgan fingerprint density at radius 2 is 1.96 bits per heavy atom. The van der Waals surface area contributed by atoms with E-state index in [1.165, 1.54) is 6.08 Å². The third kappa shape index (κ3) is 4.55. The van der Waals surface area contributed by atoms with Gasteiger partial charge in [0.15, 0.2) is 10.9 Å². The smallest absolute Gasteiger partial charge is 0.284 e. The van der Waals surface area contributed by atoms with E-state index in [4.69, 9.17) is 23.2 Å². The first-order valence-electron chi connectivity index (χ1n) is 6.59. The van der Waals surface area contributed by atoms with Crippen LogP contribution in [0.1, 0.15) is 11.3 Å². The van der Waals surface area contributed by atoms with E-state index in [9.17, 15) is 18.0 Å². The molecule has 0 aliphatic carbocycles. The molecule has 128 valence electrons. The number of aromatic nitrogens is 2. The van der Waals surface area contributed by atoms with E-state index in [1.54, 1.807) is 18.2 Å². The van der Waals surface area contributed by atoms with Crippen molar-refractivity contribution in [1.29, 1.82) is 0 Å². The van der Waals surface area contributed by atoms with Crippen molar-refractivity contribution < 1.29 is 13.2 Å². The van der Waals surface area contributed by atoms with Crippen LogP contribution in [0.4, 0.5) is 13.2 Å². The van der Waals surface area contributed by atoms with Gasteiger partial charge in [-0.05, 0) is 17.7 Å². The van der Waals surface area contributed by atoms with Crippen LogP contribution in [-0.2, 0) is 18.5 Å². The van der Waals surface area contributed by atoms with Crippen LogP contribution in [0.3, 0.4) is 0 Å². The molecule has 24 heavy (non-hydrogen) atoms. The molecule has 0 spiro atoms. The number of hydrogen-bond donors (Lipinski definition) is 0. The summed E-state index contributed by atoms with van der Waals surface area (Å²) in [5, 5.41) is 0.683. The normalized spacial score (nSPS) is 11.5. The molecule has 0 radical (unpaired) electrons. The summed E-state index contributed by atoms with van der Waals surface area (Å²) in [5.41, 5.74) is -1.26. The maximum absolute atomic E-state index is 12.9. The lowest BCUT2D eigenvalue weighted by Gasteiger charge is -2.13. The lowest BCUT2D eigenvalue weighted by Crippen LogP contribution is -2.25. The highest BCUT2D eigenvalue weighted by Gasteiger charge is 2.34. The van der Waals surface area contributed by atoms with Crippen molar-refractivity contribution in [2.45, 2.75) is 23.6 Å². The van der Waals surface area contributed by atoms with Crippen molar-refractivity contribution in [3.8, 4) is 0 Å². The summed E-state index contributed by atoms with van der Waals surface area (Å²) in [4.78, 5) is 15.5. The Morgan fingerprint density at radius 1 is 1.25 bits per heavy atom. The summed E-state index contributed by atoms with van der Waals surface area (Å²) in [7, 11) is 0. The fourth-order valence-corrected chi connectivity index (χ4v) is 3.09. The first kappa shape index (κ1) is 18.9. The van der Waals surface area contributed by atoms with E-state index in [0.29, 0.717) is 16.1 Å². The van der Waals surface area contributed by atoms with Crippen LogP contribution in [0.5, 0.6) is 0 Å². The second kappa shape index (κ2) is 7.63. The van der Waals surface area contributed by atoms with Crippen LogP contribution in [0.2, 0.25) is 10.0 Å². The van der Waals surface area contributed by atoms with E-state index >= 15 is 0 Å². The minimum atomic E-state index is -4.69. The topological polar surface area (TPSA) is 34.9 Å². The average molecular weight is 395 g/mol. The van der Waals surface area contributed by atoms with Gasteiger partial charge < -0.3 is 0 Å². The number of allylic oxidation sites excluding steroid dienone is 1. The van der Waals surface area contributed by atoms with Gasteiger partial charge in [-0.3, -0.25) is 9.36 Å². The Morgan fingerprint density at radius 3 is 2.54 bits per heavy atom. The van der Waals surface area contributed by atoms with Crippen LogP contribution in [0.15, 0.2) is 46.9 Å².